The van der Waals surface area contributed by atoms with Crippen LogP contribution in [0.15, 0.2) is 22.9 Å². The number of rotatable bonds is 5. The quantitative estimate of drug-likeness (QED) is 0.617. The molecule has 0 saturated heterocycles. The van der Waals surface area contributed by atoms with Gasteiger partial charge in [0.1, 0.15) is 16.8 Å². The molecular formula is C13H18ClFN2OS. The zero-order valence-electron chi connectivity index (χ0n) is 11.3. The second-order valence-corrected chi connectivity index (χ2v) is 7.37. The molecule has 0 fully saturated rings. The van der Waals surface area contributed by atoms with Gasteiger partial charge >= 0.3 is 0 Å². The maximum Gasteiger partial charge on any atom is 0.145 e. The van der Waals surface area contributed by atoms with E-state index >= 15 is 0 Å². The van der Waals surface area contributed by atoms with E-state index in [9.17, 15) is 8.60 Å². The summed E-state index contributed by atoms with van der Waals surface area (Å²) in [7, 11) is -1.38. The minimum Gasteiger partial charge on any atom is -0.261 e. The highest BCUT2D eigenvalue weighted by Gasteiger charge is 2.20. The summed E-state index contributed by atoms with van der Waals surface area (Å²) >= 11 is 5.67. The van der Waals surface area contributed by atoms with Gasteiger partial charge in [-0.1, -0.05) is 0 Å². The van der Waals surface area contributed by atoms with Crippen molar-refractivity contribution in [3.63, 3.8) is 0 Å². The van der Waals surface area contributed by atoms with Crippen LogP contribution >= 0.6 is 11.6 Å². The lowest BCUT2D eigenvalue weighted by atomic mass is 10.1. The molecular weight excluding hydrogens is 287 g/mol. The summed E-state index contributed by atoms with van der Waals surface area (Å²) in [6.07, 6.45) is 3.90. The van der Waals surface area contributed by atoms with Gasteiger partial charge in [-0.15, -0.1) is 11.6 Å². The Morgan fingerprint density at radius 1 is 1.47 bits per heavy atom. The van der Waals surface area contributed by atoms with Gasteiger partial charge in [-0.05, 0) is 39.7 Å². The summed E-state index contributed by atoms with van der Waals surface area (Å²) in [4.78, 5) is 3.79. The molecule has 1 aromatic rings. The SMILES string of the molecule is CC(C)(C)S(=O)N=C(CCCCl)c1cncc(F)c1. The highest BCUT2D eigenvalue weighted by atomic mass is 35.5. The molecule has 0 aliphatic rings. The monoisotopic (exact) mass is 304 g/mol. The van der Waals surface area contributed by atoms with Crippen LogP contribution in [0.1, 0.15) is 39.2 Å². The summed E-state index contributed by atoms with van der Waals surface area (Å²) in [5.74, 6) is 0.0433. The first-order valence-electron chi connectivity index (χ1n) is 6.01. The topological polar surface area (TPSA) is 42.3 Å². The largest absolute Gasteiger partial charge is 0.261 e. The molecule has 1 rings (SSSR count). The van der Waals surface area contributed by atoms with Crippen LogP contribution < -0.4 is 0 Å². The number of aromatic nitrogens is 1. The third kappa shape index (κ3) is 5.37. The molecule has 0 radical (unpaired) electrons. The van der Waals surface area contributed by atoms with E-state index in [1.807, 2.05) is 20.8 Å². The van der Waals surface area contributed by atoms with Crippen LogP contribution in [-0.2, 0) is 11.0 Å². The van der Waals surface area contributed by atoms with Crippen LogP contribution in [0.5, 0.6) is 0 Å². The average molecular weight is 305 g/mol. The maximum absolute atomic E-state index is 13.2. The summed E-state index contributed by atoms with van der Waals surface area (Å²) in [6.45, 7) is 5.53. The van der Waals surface area contributed by atoms with Gasteiger partial charge in [0.25, 0.3) is 0 Å². The Morgan fingerprint density at radius 2 is 2.16 bits per heavy atom. The number of halogens is 2. The normalized spacial score (nSPS) is 14.5. The fourth-order valence-corrected chi connectivity index (χ4v) is 2.09. The summed E-state index contributed by atoms with van der Waals surface area (Å²) < 4.78 is 29.0. The molecule has 19 heavy (non-hydrogen) atoms. The lowest BCUT2D eigenvalue weighted by molar-refractivity contribution is 0.621. The molecule has 1 atom stereocenters. The predicted octanol–water partition coefficient (Wildman–Crippen LogP) is 3.49. The third-order valence-electron chi connectivity index (χ3n) is 2.30. The van der Waals surface area contributed by atoms with Crippen LogP contribution in [-0.4, -0.2) is 25.5 Å². The number of hydrogen-bond donors (Lipinski definition) is 0. The van der Waals surface area contributed by atoms with Crippen molar-refractivity contribution < 1.29 is 8.60 Å². The van der Waals surface area contributed by atoms with E-state index in [4.69, 9.17) is 11.6 Å². The first kappa shape index (κ1) is 16.2. The zero-order chi connectivity index (χ0) is 14.5. The maximum atomic E-state index is 13.2. The number of hydrogen-bond acceptors (Lipinski definition) is 2. The molecule has 0 spiro atoms. The van der Waals surface area contributed by atoms with E-state index in [0.717, 1.165) is 6.20 Å². The molecule has 0 aliphatic carbocycles. The Balaban J connectivity index is 3.08. The van der Waals surface area contributed by atoms with Crippen molar-refractivity contribution >= 4 is 28.3 Å². The fourth-order valence-electron chi connectivity index (χ4n) is 1.28. The van der Waals surface area contributed by atoms with Gasteiger partial charge in [-0.25, -0.2) is 8.60 Å². The van der Waals surface area contributed by atoms with Gasteiger partial charge < -0.3 is 0 Å². The highest BCUT2D eigenvalue weighted by molar-refractivity contribution is 7.85. The number of nitrogens with zero attached hydrogens (tertiary/aromatic N) is 2. The first-order chi connectivity index (χ1) is 8.84. The van der Waals surface area contributed by atoms with Crippen LogP contribution in [0.3, 0.4) is 0 Å². The molecule has 6 heteroatoms. The smallest absolute Gasteiger partial charge is 0.145 e. The minimum absolute atomic E-state index is 0.433. The highest BCUT2D eigenvalue weighted by Crippen LogP contribution is 2.16. The van der Waals surface area contributed by atoms with Crippen molar-refractivity contribution in [2.24, 2.45) is 4.40 Å². The number of alkyl halides is 1. The van der Waals surface area contributed by atoms with Crippen molar-refractivity contribution in [3.8, 4) is 0 Å². The Bertz CT molecular complexity index is 486. The van der Waals surface area contributed by atoms with Crippen molar-refractivity contribution in [2.45, 2.75) is 38.4 Å². The molecule has 0 aromatic carbocycles. The Kier molecular flexibility index (Phi) is 6.07. The standard InChI is InChI=1S/C13H18ClFN2OS/c1-13(2,3)19(18)17-12(5-4-6-14)10-7-11(15)9-16-8-10/h7-9H,4-6H2,1-3H3. The van der Waals surface area contributed by atoms with Gasteiger partial charge in [0, 0.05) is 17.6 Å². The molecule has 0 amide bonds. The first-order valence-corrected chi connectivity index (χ1v) is 7.65. The third-order valence-corrected chi connectivity index (χ3v) is 4.00. The summed E-state index contributed by atoms with van der Waals surface area (Å²) in [5, 5.41) is 0. The van der Waals surface area contributed by atoms with E-state index in [1.165, 1.54) is 12.3 Å². The van der Waals surface area contributed by atoms with Crippen LogP contribution in [0.2, 0.25) is 0 Å². The Morgan fingerprint density at radius 3 is 2.68 bits per heavy atom. The second kappa shape index (κ2) is 7.10. The molecule has 106 valence electrons. The predicted molar refractivity (Wildman–Crippen MR) is 78.6 cm³/mol. The Labute approximate surface area is 120 Å². The summed E-state index contributed by atoms with van der Waals surface area (Å²) in [5.41, 5.74) is 1.14. The average Bonchev–Trinajstić information content (AvgIpc) is 2.33. The van der Waals surface area contributed by atoms with Gasteiger partial charge in [0.05, 0.1) is 16.7 Å². The molecule has 0 saturated carbocycles. The van der Waals surface area contributed by atoms with Crippen molar-refractivity contribution in [3.05, 3.63) is 29.8 Å². The van der Waals surface area contributed by atoms with Crippen LogP contribution in [0, 0.1) is 5.82 Å². The van der Waals surface area contributed by atoms with Gasteiger partial charge in [-0.3, -0.25) is 4.98 Å². The molecule has 3 nitrogen and oxygen atoms in total. The van der Waals surface area contributed by atoms with E-state index in [2.05, 4.69) is 9.38 Å². The molecule has 1 unspecified atom stereocenters. The Hall–Kier alpha value is -0.810. The second-order valence-electron chi connectivity index (χ2n) is 5.08. The summed E-state index contributed by atoms with van der Waals surface area (Å²) in [6, 6.07) is 1.35. The molecule has 1 heterocycles. The molecule has 0 N–H and O–H groups in total. The van der Waals surface area contributed by atoms with Gasteiger partial charge in [-0.2, -0.15) is 4.40 Å². The van der Waals surface area contributed by atoms with Crippen molar-refractivity contribution in [1.82, 2.24) is 4.98 Å². The van der Waals surface area contributed by atoms with Crippen LogP contribution in [0.4, 0.5) is 4.39 Å². The van der Waals surface area contributed by atoms with E-state index in [-0.39, 0.29) is 0 Å². The van der Waals surface area contributed by atoms with E-state index in [1.54, 1.807) is 0 Å². The van der Waals surface area contributed by atoms with Crippen LogP contribution in [0.25, 0.3) is 0 Å². The zero-order valence-corrected chi connectivity index (χ0v) is 12.9. The van der Waals surface area contributed by atoms with Gasteiger partial charge in [0.2, 0.25) is 0 Å². The van der Waals surface area contributed by atoms with Gasteiger partial charge in [0.15, 0.2) is 0 Å². The van der Waals surface area contributed by atoms with Crippen molar-refractivity contribution in [2.75, 3.05) is 5.88 Å². The minimum atomic E-state index is -1.38. The van der Waals surface area contributed by atoms with E-state index in [0.29, 0.717) is 30.0 Å². The molecule has 0 aliphatic heterocycles. The fraction of sp³-hybridized carbons (Fsp3) is 0.538. The molecule has 0 bridgehead atoms. The lowest BCUT2D eigenvalue weighted by Crippen LogP contribution is -2.21. The van der Waals surface area contributed by atoms with E-state index < -0.39 is 21.5 Å². The molecule has 1 aromatic heterocycles. The number of pyridine rings is 1. The lowest BCUT2D eigenvalue weighted by Gasteiger charge is -2.15. The van der Waals surface area contributed by atoms with Crippen molar-refractivity contribution in [1.29, 1.82) is 0 Å².